The Morgan fingerprint density at radius 2 is 1.91 bits per heavy atom. The number of rotatable bonds is 9. The van der Waals surface area contributed by atoms with Gasteiger partial charge in [0.25, 0.3) is 5.91 Å². The molecule has 0 spiro atoms. The largest absolute Gasteiger partial charge is 0.483 e. The van der Waals surface area contributed by atoms with Crippen molar-refractivity contribution in [3.8, 4) is 5.75 Å². The molecule has 1 aliphatic heterocycles. The number of nitrogens with one attached hydrogen (secondary N) is 2. The van der Waals surface area contributed by atoms with E-state index in [1.807, 2.05) is 43.3 Å². The van der Waals surface area contributed by atoms with Crippen molar-refractivity contribution in [1.29, 1.82) is 0 Å². The van der Waals surface area contributed by atoms with Gasteiger partial charge >= 0.3 is 0 Å². The monoisotopic (exact) mass is 431 g/mol. The third kappa shape index (κ3) is 5.47. The van der Waals surface area contributed by atoms with Gasteiger partial charge in [-0.25, -0.2) is 0 Å². The Morgan fingerprint density at radius 3 is 2.72 bits per heavy atom. The maximum Gasteiger partial charge on any atom is 0.262 e. The van der Waals surface area contributed by atoms with Crippen molar-refractivity contribution >= 4 is 22.4 Å². The summed E-state index contributed by atoms with van der Waals surface area (Å²) in [6.45, 7) is 8.21. The lowest BCUT2D eigenvalue weighted by atomic mass is 10.0. The highest BCUT2D eigenvalue weighted by Gasteiger charge is 2.22. The third-order valence-corrected chi connectivity index (χ3v) is 6.28. The van der Waals surface area contributed by atoms with Crippen LogP contribution in [-0.4, -0.2) is 43.1 Å². The second-order valence-electron chi connectivity index (χ2n) is 8.52. The van der Waals surface area contributed by atoms with Gasteiger partial charge in [0.05, 0.1) is 0 Å². The number of ether oxygens (including phenoxy) is 1. The Kier molecular flexibility index (Phi) is 7.40. The Balaban J connectivity index is 1.43. The lowest BCUT2D eigenvalue weighted by Gasteiger charge is -2.23. The van der Waals surface area contributed by atoms with Crippen LogP contribution < -0.4 is 15.4 Å². The molecule has 1 atom stereocenters. The van der Waals surface area contributed by atoms with Crippen molar-refractivity contribution in [3.63, 3.8) is 0 Å². The first-order valence-electron chi connectivity index (χ1n) is 11.6. The molecule has 1 unspecified atom stereocenters. The number of aryl methyl sites for hydroxylation is 1. The molecule has 0 saturated carbocycles. The standard InChI is InChI=1S/C27H33N3O2/c1-3-30-16-6-8-23(30)17-28-18-25-24-9-5-4-7-21(24)12-15-26(25)32-19-27(31)29-22-13-10-20(2)11-14-22/h4-5,7,9-15,23,28H,3,6,8,16-19H2,1-2H3,(H,29,31). The number of amides is 1. The minimum Gasteiger partial charge on any atom is -0.483 e. The number of anilines is 1. The number of hydrogen-bond donors (Lipinski definition) is 2. The van der Waals surface area contributed by atoms with E-state index in [4.69, 9.17) is 4.74 Å². The Bertz CT molecular complexity index is 1050. The average molecular weight is 432 g/mol. The summed E-state index contributed by atoms with van der Waals surface area (Å²) in [5, 5.41) is 8.89. The van der Waals surface area contributed by atoms with Crippen LogP contribution >= 0.6 is 0 Å². The van der Waals surface area contributed by atoms with Crippen LogP contribution in [0.4, 0.5) is 5.69 Å². The zero-order valence-corrected chi connectivity index (χ0v) is 19.1. The fourth-order valence-electron chi connectivity index (χ4n) is 4.52. The van der Waals surface area contributed by atoms with Gasteiger partial charge in [-0.05, 0) is 61.8 Å². The van der Waals surface area contributed by atoms with Crippen LogP contribution in [0, 0.1) is 6.92 Å². The second kappa shape index (κ2) is 10.6. The molecule has 2 N–H and O–H groups in total. The molecule has 0 aliphatic carbocycles. The van der Waals surface area contributed by atoms with Crippen molar-refractivity contribution in [2.45, 2.75) is 39.3 Å². The van der Waals surface area contributed by atoms with E-state index in [0.29, 0.717) is 12.6 Å². The summed E-state index contributed by atoms with van der Waals surface area (Å²) in [4.78, 5) is 15.0. The van der Waals surface area contributed by atoms with Crippen molar-refractivity contribution in [3.05, 3.63) is 71.8 Å². The van der Waals surface area contributed by atoms with Crippen molar-refractivity contribution in [2.24, 2.45) is 0 Å². The van der Waals surface area contributed by atoms with Gasteiger partial charge in [-0.15, -0.1) is 0 Å². The molecule has 1 saturated heterocycles. The Labute approximate surface area is 190 Å². The molecule has 0 bridgehead atoms. The van der Waals surface area contributed by atoms with Gasteiger partial charge in [0.2, 0.25) is 0 Å². The first kappa shape index (κ1) is 22.3. The van der Waals surface area contributed by atoms with Gasteiger partial charge in [0, 0.05) is 30.4 Å². The smallest absolute Gasteiger partial charge is 0.262 e. The number of benzene rings is 3. The Hall–Kier alpha value is -2.89. The highest BCUT2D eigenvalue weighted by molar-refractivity contribution is 5.92. The van der Waals surface area contributed by atoms with E-state index in [9.17, 15) is 4.79 Å². The predicted molar refractivity (Wildman–Crippen MR) is 131 cm³/mol. The molecular weight excluding hydrogens is 398 g/mol. The summed E-state index contributed by atoms with van der Waals surface area (Å²) < 4.78 is 6.01. The fraction of sp³-hybridized carbons (Fsp3) is 0.370. The summed E-state index contributed by atoms with van der Waals surface area (Å²) in [5.74, 6) is 0.597. The minimum absolute atomic E-state index is 0.0224. The summed E-state index contributed by atoms with van der Waals surface area (Å²) in [5.41, 5.74) is 3.04. The lowest BCUT2D eigenvalue weighted by molar-refractivity contribution is -0.118. The van der Waals surface area contributed by atoms with Gasteiger partial charge < -0.3 is 15.4 Å². The molecule has 3 aromatic carbocycles. The molecule has 32 heavy (non-hydrogen) atoms. The number of fused-ring (bicyclic) bond motifs is 1. The van der Waals surface area contributed by atoms with E-state index in [2.05, 4.69) is 46.7 Å². The molecule has 1 amide bonds. The molecular formula is C27H33N3O2. The number of hydrogen-bond acceptors (Lipinski definition) is 4. The molecule has 168 valence electrons. The molecule has 0 aromatic heterocycles. The first-order valence-corrected chi connectivity index (χ1v) is 11.6. The molecule has 1 heterocycles. The van der Waals surface area contributed by atoms with E-state index in [0.717, 1.165) is 41.0 Å². The molecule has 5 heteroatoms. The predicted octanol–water partition coefficient (Wildman–Crippen LogP) is 4.74. The number of carbonyl (C=O) groups is 1. The molecule has 1 aliphatic rings. The minimum atomic E-state index is -0.162. The summed E-state index contributed by atoms with van der Waals surface area (Å²) in [6, 6.07) is 20.7. The van der Waals surface area contributed by atoms with Crippen LogP contribution in [0.2, 0.25) is 0 Å². The molecule has 5 nitrogen and oxygen atoms in total. The zero-order valence-electron chi connectivity index (χ0n) is 19.1. The van der Waals surface area contributed by atoms with Crippen LogP contribution in [0.15, 0.2) is 60.7 Å². The van der Waals surface area contributed by atoms with Gasteiger partial charge in [-0.3, -0.25) is 9.69 Å². The summed E-state index contributed by atoms with van der Waals surface area (Å²) >= 11 is 0. The zero-order chi connectivity index (χ0) is 22.3. The van der Waals surface area contributed by atoms with Crippen molar-refractivity contribution < 1.29 is 9.53 Å². The fourth-order valence-corrected chi connectivity index (χ4v) is 4.52. The summed E-state index contributed by atoms with van der Waals surface area (Å²) in [6.07, 6.45) is 2.53. The van der Waals surface area contributed by atoms with Crippen LogP contribution in [0.1, 0.15) is 30.9 Å². The topological polar surface area (TPSA) is 53.6 Å². The number of carbonyl (C=O) groups excluding carboxylic acids is 1. The van der Waals surface area contributed by atoms with E-state index in [-0.39, 0.29) is 12.5 Å². The average Bonchev–Trinajstić information content (AvgIpc) is 3.27. The van der Waals surface area contributed by atoms with Crippen LogP contribution in [0.25, 0.3) is 10.8 Å². The lowest BCUT2D eigenvalue weighted by Crippen LogP contribution is -2.37. The molecule has 3 aromatic rings. The second-order valence-corrected chi connectivity index (χ2v) is 8.52. The highest BCUT2D eigenvalue weighted by atomic mass is 16.5. The normalized spacial score (nSPS) is 16.4. The van der Waals surface area contributed by atoms with Gasteiger partial charge in [0.15, 0.2) is 6.61 Å². The maximum atomic E-state index is 12.4. The van der Waals surface area contributed by atoms with Crippen LogP contribution in [0.5, 0.6) is 5.75 Å². The van der Waals surface area contributed by atoms with Crippen LogP contribution in [0.3, 0.4) is 0 Å². The molecule has 0 radical (unpaired) electrons. The van der Waals surface area contributed by atoms with E-state index < -0.39 is 0 Å². The quantitative estimate of drug-likeness (QED) is 0.514. The Morgan fingerprint density at radius 1 is 1.09 bits per heavy atom. The highest BCUT2D eigenvalue weighted by Crippen LogP contribution is 2.28. The van der Waals surface area contributed by atoms with E-state index >= 15 is 0 Å². The molecule has 1 fully saturated rings. The SMILES string of the molecule is CCN1CCCC1CNCc1c(OCC(=O)Nc2ccc(C)cc2)ccc2ccccc12. The van der Waals surface area contributed by atoms with E-state index in [1.54, 1.807) is 0 Å². The first-order chi connectivity index (χ1) is 15.6. The number of likely N-dealkylation sites (tertiary alicyclic amines) is 1. The van der Waals surface area contributed by atoms with Crippen LogP contribution in [-0.2, 0) is 11.3 Å². The van der Waals surface area contributed by atoms with Crippen molar-refractivity contribution in [2.75, 3.05) is 31.6 Å². The van der Waals surface area contributed by atoms with Gasteiger partial charge in [-0.1, -0.05) is 55.0 Å². The van der Waals surface area contributed by atoms with E-state index in [1.165, 1.54) is 24.8 Å². The number of nitrogens with zero attached hydrogens (tertiary/aromatic N) is 1. The molecule has 4 rings (SSSR count). The van der Waals surface area contributed by atoms with Gasteiger partial charge in [-0.2, -0.15) is 0 Å². The number of likely N-dealkylation sites (N-methyl/N-ethyl adjacent to an activating group) is 1. The van der Waals surface area contributed by atoms with Crippen molar-refractivity contribution in [1.82, 2.24) is 10.2 Å². The third-order valence-electron chi connectivity index (χ3n) is 6.28. The maximum absolute atomic E-state index is 12.4. The van der Waals surface area contributed by atoms with Gasteiger partial charge in [0.1, 0.15) is 5.75 Å². The summed E-state index contributed by atoms with van der Waals surface area (Å²) in [7, 11) is 0.